The molecule has 1 heterocycles. The maximum Gasteiger partial charge on any atom is 0.377 e. The van der Waals surface area contributed by atoms with Gasteiger partial charge in [0.25, 0.3) is 5.82 Å². The van der Waals surface area contributed by atoms with Crippen molar-refractivity contribution in [1.82, 2.24) is 15.5 Å². The van der Waals surface area contributed by atoms with Gasteiger partial charge in [0.2, 0.25) is 5.89 Å². The summed E-state index contributed by atoms with van der Waals surface area (Å²) in [6, 6.07) is 0. The Labute approximate surface area is 87.7 Å². The van der Waals surface area contributed by atoms with E-state index in [1.165, 1.54) is 0 Å². The van der Waals surface area contributed by atoms with Crippen LogP contribution in [0.5, 0.6) is 0 Å². The number of carboxylic acids is 1. The van der Waals surface area contributed by atoms with Crippen LogP contribution in [0.15, 0.2) is 4.52 Å². The van der Waals surface area contributed by atoms with Crippen LogP contribution in [0.4, 0.5) is 0 Å². The predicted molar refractivity (Wildman–Crippen MR) is 52.7 cm³/mol. The fourth-order valence-electron chi connectivity index (χ4n) is 0.988. The topological polar surface area (TPSA) is 88.2 Å². The van der Waals surface area contributed by atoms with Crippen molar-refractivity contribution in [2.75, 3.05) is 6.54 Å². The van der Waals surface area contributed by atoms with E-state index in [1.54, 1.807) is 0 Å². The summed E-state index contributed by atoms with van der Waals surface area (Å²) in [6.45, 7) is 6.81. The molecule has 0 aliphatic rings. The van der Waals surface area contributed by atoms with Crippen LogP contribution in [0.3, 0.4) is 0 Å². The molecular formula is C9H15N3O3. The molecular weight excluding hydrogens is 198 g/mol. The van der Waals surface area contributed by atoms with Gasteiger partial charge in [-0.1, -0.05) is 0 Å². The third-order valence-electron chi connectivity index (χ3n) is 1.65. The number of hydrogen-bond acceptors (Lipinski definition) is 5. The summed E-state index contributed by atoms with van der Waals surface area (Å²) in [7, 11) is 0. The van der Waals surface area contributed by atoms with E-state index in [4.69, 9.17) is 9.63 Å². The molecule has 6 heteroatoms. The highest BCUT2D eigenvalue weighted by molar-refractivity contribution is 5.82. The molecule has 84 valence electrons. The first-order valence-electron chi connectivity index (χ1n) is 4.69. The number of hydrogen-bond donors (Lipinski definition) is 2. The third kappa shape index (κ3) is 4.07. The lowest BCUT2D eigenvalue weighted by Gasteiger charge is -2.19. The largest absolute Gasteiger partial charge is 0.475 e. The zero-order chi connectivity index (χ0) is 11.5. The summed E-state index contributed by atoms with van der Waals surface area (Å²) in [4.78, 5) is 14.2. The molecule has 2 N–H and O–H groups in total. The second-order valence-electron chi connectivity index (χ2n) is 4.24. The first kappa shape index (κ1) is 11.6. The molecule has 0 spiro atoms. The van der Waals surface area contributed by atoms with Crippen molar-refractivity contribution in [2.24, 2.45) is 0 Å². The first-order chi connectivity index (χ1) is 6.88. The molecule has 6 nitrogen and oxygen atoms in total. The zero-order valence-electron chi connectivity index (χ0n) is 9.07. The highest BCUT2D eigenvalue weighted by atomic mass is 16.5. The Morgan fingerprint density at radius 3 is 2.67 bits per heavy atom. The first-order valence-corrected chi connectivity index (χ1v) is 4.69. The van der Waals surface area contributed by atoms with Crippen molar-refractivity contribution in [1.29, 1.82) is 0 Å². The number of aromatic carboxylic acids is 1. The van der Waals surface area contributed by atoms with Gasteiger partial charge in [-0.3, -0.25) is 0 Å². The maximum atomic E-state index is 10.4. The summed E-state index contributed by atoms with van der Waals surface area (Å²) in [6.07, 6.45) is 0.525. The van der Waals surface area contributed by atoms with E-state index in [-0.39, 0.29) is 11.4 Å². The quantitative estimate of drug-likeness (QED) is 0.765. The fourth-order valence-corrected chi connectivity index (χ4v) is 0.988. The highest BCUT2D eigenvalue weighted by Gasteiger charge is 2.13. The SMILES string of the molecule is CC(C)(C)NCCc1nc(C(=O)O)no1. The molecule has 0 fully saturated rings. The van der Waals surface area contributed by atoms with Gasteiger partial charge in [-0.2, -0.15) is 4.98 Å². The Kier molecular flexibility index (Phi) is 3.41. The summed E-state index contributed by atoms with van der Waals surface area (Å²) < 4.78 is 4.76. The van der Waals surface area contributed by atoms with E-state index >= 15 is 0 Å². The van der Waals surface area contributed by atoms with Crippen molar-refractivity contribution in [3.8, 4) is 0 Å². The van der Waals surface area contributed by atoms with Gasteiger partial charge < -0.3 is 14.9 Å². The van der Waals surface area contributed by atoms with Gasteiger partial charge in [0.15, 0.2) is 0 Å². The molecule has 0 aliphatic carbocycles. The molecule has 0 radical (unpaired) electrons. The zero-order valence-corrected chi connectivity index (χ0v) is 9.07. The van der Waals surface area contributed by atoms with E-state index in [1.807, 2.05) is 20.8 Å². The molecule has 0 atom stereocenters. The van der Waals surface area contributed by atoms with Crippen LogP contribution in [0.2, 0.25) is 0 Å². The van der Waals surface area contributed by atoms with Crippen LogP contribution in [-0.4, -0.2) is 33.3 Å². The monoisotopic (exact) mass is 213 g/mol. The molecule has 0 bridgehead atoms. The minimum Gasteiger partial charge on any atom is -0.475 e. The average molecular weight is 213 g/mol. The number of nitrogens with zero attached hydrogens (tertiary/aromatic N) is 2. The molecule has 15 heavy (non-hydrogen) atoms. The minimum absolute atomic E-state index is 0.0235. The predicted octanol–water partition coefficient (Wildman–Crippen LogP) is 0.698. The van der Waals surface area contributed by atoms with Crippen molar-refractivity contribution in [3.05, 3.63) is 11.7 Å². The number of nitrogens with one attached hydrogen (secondary N) is 1. The standard InChI is InChI=1S/C9H15N3O3/c1-9(2,3)10-5-4-6-11-7(8(13)14)12-15-6/h10H,4-5H2,1-3H3,(H,13,14). The number of rotatable bonds is 4. The molecule has 0 aromatic carbocycles. The summed E-state index contributed by atoms with van der Waals surface area (Å²) in [5, 5.41) is 15.1. The molecule has 0 saturated carbocycles. The molecule has 1 aromatic heterocycles. The summed E-state index contributed by atoms with van der Waals surface area (Å²) in [5.74, 6) is -1.13. The molecule has 0 aliphatic heterocycles. The molecule has 0 saturated heterocycles. The molecule has 1 rings (SSSR count). The van der Waals surface area contributed by atoms with Crippen LogP contribution >= 0.6 is 0 Å². The van der Waals surface area contributed by atoms with Crippen LogP contribution in [0.1, 0.15) is 37.3 Å². The van der Waals surface area contributed by atoms with Gasteiger partial charge in [0.05, 0.1) is 0 Å². The van der Waals surface area contributed by atoms with Gasteiger partial charge in [-0.25, -0.2) is 4.79 Å². The van der Waals surface area contributed by atoms with Crippen LogP contribution in [-0.2, 0) is 6.42 Å². The van der Waals surface area contributed by atoms with Crippen molar-refractivity contribution < 1.29 is 14.4 Å². The fraction of sp³-hybridized carbons (Fsp3) is 0.667. The Hall–Kier alpha value is -1.43. The van der Waals surface area contributed by atoms with E-state index in [0.29, 0.717) is 18.9 Å². The van der Waals surface area contributed by atoms with Gasteiger partial charge in [-0.05, 0) is 25.9 Å². The minimum atomic E-state index is -1.17. The Morgan fingerprint density at radius 2 is 2.20 bits per heavy atom. The van der Waals surface area contributed by atoms with Crippen LogP contribution < -0.4 is 5.32 Å². The summed E-state index contributed by atoms with van der Waals surface area (Å²) >= 11 is 0. The van der Waals surface area contributed by atoms with Gasteiger partial charge in [-0.15, -0.1) is 0 Å². The smallest absolute Gasteiger partial charge is 0.377 e. The Balaban J connectivity index is 2.41. The van der Waals surface area contributed by atoms with E-state index < -0.39 is 5.97 Å². The van der Waals surface area contributed by atoms with E-state index in [2.05, 4.69) is 15.5 Å². The maximum absolute atomic E-state index is 10.4. The number of aromatic nitrogens is 2. The van der Waals surface area contributed by atoms with E-state index in [9.17, 15) is 4.79 Å². The van der Waals surface area contributed by atoms with Crippen molar-refractivity contribution in [3.63, 3.8) is 0 Å². The van der Waals surface area contributed by atoms with E-state index in [0.717, 1.165) is 0 Å². The number of carbonyl (C=O) groups is 1. The lowest BCUT2D eigenvalue weighted by molar-refractivity contribution is 0.0680. The normalized spacial score (nSPS) is 11.7. The van der Waals surface area contributed by atoms with Crippen LogP contribution in [0.25, 0.3) is 0 Å². The average Bonchev–Trinajstić information content (AvgIpc) is 2.50. The molecule has 1 aromatic rings. The second-order valence-corrected chi connectivity index (χ2v) is 4.24. The molecule has 0 unspecified atom stereocenters. The lowest BCUT2D eigenvalue weighted by Crippen LogP contribution is -2.37. The number of carboxylic acid groups (broad SMARTS) is 1. The Bertz CT molecular complexity index is 341. The highest BCUT2D eigenvalue weighted by Crippen LogP contribution is 2.01. The molecule has 0 amide bonds. The van der Waals surface area contributed by atoms with Gasteiger partial charge >= 0.3 is 5.97 Å². The van der Waals surface area contributed by atoms with Gasteiger partial charge in [0.1, 0.15) is 0 Å². The van der Waals surface area contributed by atoms with Crippen LogP contribution in [0, 0.1) is 0 Å². The van der Waals surface area contributed by atoms with Crippen molar-refractivity contribution >= 4 is 5.97 Å². The second kappa shape index (κ2) is 4.39. The Morgan fingerprint density at radius 1 is 1.53 bits per heavy atom. The summed E-state index contributed by atoms with van der Waals surface area (Å²) in [5.41, 5.74) is 0.0235. The third-order valence-corrected chi connectivity index (χ3v) is 1.65. The lowest BCUT2D eigenvalue weighted by atomic mass is 10.1. The van der Waals surface area contributed by atoms with Gasteiger partial charge in [0, 0.05) is 18.5 Å². The van der Waals surface area contributed by atoms with Crippen molar-refractivity contribution in [2.45, 2.75) is 32.7 Å².